The summed E-state index contributed by atoms with van der Waals surface area (Å²) in [5.41, 5.74) is 0.575. The molecule has 2 atom stereocenters. The predicted octanol–water partition coefficient (Wildman–Crippen LogP) is 2.88. The highest BCUT2D eigenvalue weighted by atomic mass is 19.1. The van der Waals surface area contributed by atoms with E-state index < -0.39 is 0 Å². The van der Waals surface area contributed by atoms with Crippen molar-refractivity contribution in [3.63, 3.8) is 0 Å². The van der Waals surface area contributed by atoms with Crippen LogP contribution in [0.25, 0.3) is 0 Å². The van der Waals surface area contributed by atoms with Gasteiger partial charge in [0.2, 0.25) is 0 Å². The molecule has 0 bridgehead atoms. The summed E-state index contributed by atoms with van der Waals surface area (Å²) < 4.78 is 18.4. The molecule has 0 heterocycles. The van der Waals surface area contributed by atoms with Crippen LogP contribution in [0.2, 0.25) is 0 Å². The first-order chi connectivity index (χ1) is 7.02. The molecule has 2 nitrogen and oxygen atoms in total. The first kappa shape index (κ1) is 11.7. The van der Waals surface area contributed by atoms with Gasteiger partial charge in [0.15, 0.2) is 0 Å². The van der Waals surface area contributed by atoms with E-state index in [1.807, 2.05) is 6.92 Å². The van der Waals surface area contributed by atoms with Crippen LogP contribution < -0.4 is 0 Å². The Bertz CT molecular complexity index is 349. The molecule has 0 aliphatic rings. The minimum absolute atomic E-state index is 0.143. The van der Waals surface area contributed by atoms with Gasteiger partial charge < -0.3 is 4.74 Å². The number of carbonyl (C=O) groups excluding carboxylic acids is 1. The van der Waals surface area contributed by atoms with Gasteiger partial charge in [-0.15, -0.1) is 0 Å². The lowest BCUT2D eigenvalue weighted by molar-refractivity contribution is -0.146. The van der Waals surface area contributed by atoms with Gasteiger partial charge in [0, 0.05) is 12.8 Å². The number of hydrogen-bond acceptors (Lipinski definition) is 2. The van der Waals surface area contributed by atoms with Crippen LogP contribution in [0.3, 0.4) is 0 Å². The Hall–Kier alpha value is -1.38. The number of hydrogen-bond donors (Lipinski definition) is 0. The Kier molecular flexibility index (Phi) is 3.83. The normalized spacial score (nSPS) is 14.4. The molecular weight excluding hydrogens is 195 g/mol. The fourth-order valence-electron chi connectivity index (χ4n) is 1.46. The smallest absolute Gasteiger partial charge is 0.302 e. The van der Waals surface area contributed by atoms with Crippen LogP contribution in [0.15, 0.2) is 24.3 Å². The SMILES string of the molecule is CC(=O)O[C@H](C)[C@@H](C)c1ccccc1F. The third-order valence-corrected chi connectivity index (χ3v) is 2.45. The van der Waals surface area contributed by atoms with Crippen molar-refractivity contribution >= 4 is 5.97 Å². The Morgan fingerprint density at radius 3 is 2.47 bits per heavy atom. The quantitative estimate of drug-likeness (QED) is 0.717. The van der Waals surface area contributed by atoms with Crippen molar-refractivity contribution in [3.8, 4) is 0 Å². The Balaban J connectivity index is 2.80. The number of halogens is 1. The molecule has 1 rings (SSSR count). The second-order valence-electron chi connectivity index (χ2n) is 3.62. The summed E-state index contributed by atoms with van der Waals surface area (Å²) in [6.07, 6.45) is -0.320. The highest BCUT2D eigenvalue weighted by molar-refractivity contribution is 5.66. The van der Waals surface area contributed by atoms with Gasteiger partial charge in [0.05, 0.1) is 0 Å². The van der Waals surface area contributed by atoms with E-state index in [9.17, 15) is 9.18 Å². The van der Waals surface area contributed by atoms with Gasteiger partial charge in [-0.05, 0) is 18.6 Å². The summed E-state index contributed by atoms with van der Waals surface area (Å²) in [6.45, 7) is 4.95. The molecule has 0 N–H and O–H groups in total. The zero-order valence-corrected chi connectivity index (χ0v) is 9.16. The van der Waals surface area contributed by atoms with Crippen molar-refractivity contribution in [1.82, 2.24) is 0 Å². The minimum atomic E-state index is -0.342. The van der Waals surface area contributed by atoms with Crippen molar-refractivity contribution in [1.29, 1.82) is 0 Å². The summed E-state index contributed by atoms with van der Waals surface area (Å²) in [5, 5.41) is 0. The molecule has 0 unspecified atom stereocenters. The third kappa shape index (κ3) is 3.05. The molecular formula is C12H15FO2. The van der Waals surface area contributed by atoms with Gasteiger partial charge >= 0.3 is 5.97 Å². The molecule has 1 aromatic carbocycles. The zero-order valence-electron chi connectivity index (χ0n) is 9.16. The van der Waals surface area contributed by atoms with E-state index in [1.165, 1.54) is 13.0 Å². The van der Waals surface area contributed by atoms with Gasteiger partial charge in [-0.3, -0.25) is 4.79 Å². The van der Waals surface area contributed by atoms with Crippen molar-refractivity contribution in [2.45, 2.75) is 32.8 Å². The molecule has 3 heteroatoms. The van der Waals surface area contributed by atoms with Crippen LogP contribution in [0.4, 0.5) is 4.39 Å². The van der Waals surface area contributed by atoms with Crippen LogP contribution in [0, 0.1) is 5.82 Å². The number of ether oxygens (including phenoxy) is 1. The van der Waals surface area contributed by atoms with Gasteiger partial charge in [-0.1, -0.05) is 25.1 Å². The second kappa shape index (κ2) is 4.91. The van der Waals surface area contributed by atoms with Crippen LogP contribution in [0.1, 0.15) is 32.3 Å². The van der Waals surface area contributed by atoms with E-state index in [0.29, 0.717) is 5.56 Å². The maximum atomic E-state index is 13.4. The largest absolute Gasteiger partial charge is 0.462 e. The van der Waals surface area contributed by atoms with Crippen LogP contribution in [-0.4, -0.2) is 12.1 Å². The average Bonchev–Trinajstić information content (AvgIpc) is 2.16. The monoisotopic (exact) mass is 210 g/mol. The Morgan fingerprint density at radius 2 is 1.93 bits per heavy atom. The predicted molar refractivity (Wildman–Crippen MR) is 56.0 cm³/mol. The standard InChI is InChI=1S/C12H15FO2/c1-8(9(2)15-10(3)14)11-6-4-5-7-12(11)13/h4-9H,1-3H3/t8-,9-/m1/s1. The van der Waals surface area contributed by atoms with E-state index in [4.69, 9.17) is 4.74 Å². The lowest BCUT2D eigenvalue weighted by atomic mass is 9.96. The van der Waals surface area contributed by atoms with Crippen LogP contribution in [-0.2, 0) is 9.53 Å². The van der Waals surface area contributed by atoms with E-state index >= 15 is 0 Å². The van der Waals surface area contributed by atoms with E-state index in [-0.39, 0.29) is 23.8 Å². The first-order valence-corrected chi connectivity index (χ1v) is 4.94. The van der Waals surface area contributed by atoms with Crippen LogP contribution in [0.5, 0.6) is 0 Å². The van der Waals surface area contributed by atoms with E-state index in [0.717, 1.165) is 0 Å². The van der Waals surface area contributed by atoms with Gasteiger partial charge in [-0.2, -0.15) is 0 Å². The van der Waals surface area contributed by atoms with Gasteiger partial charge in [0.25, 0.3) is 0 Å². The molecule has 0 fully saturated rings. The van der Waals surface area contributed by atoms with Gasteiger partial charge in [0.1, 0.15) is 11.9 Å². The molecule has 0 aliphatic heterocycles. The molecule has 15 heavy (non-hydrogen) atoms. The number of benzene rings is 1. The van der Waals surface area contributed by atoms with E-state index in [1.54, 1.807) is 25.1 Å². The second-order valence-corrected chi connectivity index (χ2v) is 3.62. The van der Waals surface area contributed by atoms with Gasteiger partial charge in [-0.25, -0.2) is 4.39 Å². The highest BCUT2D eigenvalue weighted by Crippen LogP contribution is 2.23. The Labute approximate surface area is 89.1 Å². The third-order valence-electron chi connectivity index (χ3n) is 2.45. The lowest BCUT2D eigenvalue weighted by Crippen LogP contribution is -2.19. The fraction of sp³-hybridized carbons (Fsp3) is 0.417. The Morgan fingerprint density at radius 1 is 1.33 bits per heavy atom. The van der Waals surface area contributed by atoms with Crippen LogP contribution >= 0.6 is 0 Å². The summed E-state index contributed by atoms with van der Waals surface area (Å²) in [7, 11) is 0. The maximum absolute atomic E-state index is 13.4. The maximum Gasteiger partial charge on any atom is 0.302 e. The molecule has 0 saturated carbocycles. The molecule has 0 radical (unpaired) electrons. The number of carbonyl (C=O) groups is 1. The highest BCUT2D eigenvalue weighted by Gasteiger charge is 2.19. The summed E-state index contributed by atoms with van der Waals surface area (Å²) in [4.78, 5) is 10.8. The molecule has 0 aliphatic carbocycles. The molecule has 0 saturated heterocycles. The fourth-order valence-corrected chi connectivity index (χ4v) is 1.46. The molecule has 1 aromatic rings. The molecule has 0 aromatic heterocycles. The molecule has 0 spiro atoms. The van der Waals surface area contributed by atoms with Crippen molar-refractivity contribution in [2.24, 2.45) is 0 Å². The zero-order chi connectivity index (χ0) is 11.4. The first-order valence-electron chi connectivity index (χ1n) is 4.94. The topological polar surface area (TPSA) is 26.3 Å². The van der Waals surface area contributed by atoms with Crippen molar-refractivity contribution < 1.29 is 13.9 Å². The molecule has 0 amide bonds. The number of esters is 1. The minimum Gasteiger partial charge on any atom is -0.462 e. The lowest BCUT2D eigenvalue weighted by Gasteiger charge is -2.20. The van der Waals surface area contributed by atoms with E-state index in [2.05, 4.69) is 0 Å². The number of rotatable bonds is 3. The van der Waals surface area contributed by atoms with Crippen molar-refractivity contribution in [3.05, 3.63) is 35.6 Å². The summed E-state index contributed by atoms with van der Waals surface area (Å²) in [6, 6.07) is 6.53. The summed E-state index contributed by atoms with van der Waals surface area (Å²) >= 11 is 0. The average molecular weight is 210 g/mol. The van der Waals surface area contributed by atoms with Crippen molar-refractivity contribution in [2.75, 3.05) is 0 Å². The molecule has 82 valence electrons. The summed E-state index contributed by atoms with van der Waals surface area (Å²) in [5.74, 6) is -0.746.